The summed E-state index contributed by atoms with van der Waals surface area (Å²) < 4.78 is 0. The third-order valence-corrected chi connectivity index (χ3v) is 3.21. The molecule has 0 radical (unpaired) electrons. The number of nitrogens with one attached hydrogen (secondary N) is 1. The first-order valence-electron chi connectivity index (χ1n) is 6.47. The van der Waals surface area contributed by atoms with Crippen molar-refractivity contribution in [3.63, 3.8) is 0 Å². The first-order valence-corrected chi connectivity index (χ1v) is 6.47. The fourth-order valence-corrected chi connectivity index (χ4v) is 2.28. The van der Waals surface area contributed by atoms with Crippen LogP contribution in [0, 0.1) is 11.8 Å². The number of rotatable bonds is 3. The zero-order chi connectivity index (χ0) is 11.0. The smallest absolute Gasteiger partial charge is 0.00671 e. The monoisotopic (exact) mass is 199 g/mol. The van der Waals surface area contributed by atoms with Crippen LogP contribution in [0.25, 0.3) is 0 Å². The molecule has 0 unspecified atom stereocenters. The minimum absolute atomic E-state index is 0.824. The first kappa shape index (κ1) is 14.0. The van der Waals surface area contributed by atoms with Gasteiger partial charge in [0.15, 0.2) is 0 Å². The highest BCUT2D eigenvalue weighted by atomic mass is 14.9. The van der Waals surface area contributed by atoms with E-state index in [1.807, 2.05) is 13.8 Å². The van der Waals surface area contributed by atoms with Crippen molar-refractivity contribution in [2.75, 3.05) is 6.54 Å². The third-order valence-electron chi connectivity index (χ3n) is 3.21. The summed E-state index contributed by atoms with van der Waals surface area (Å²) in [7, 11) is 0. The minimum atomic E-state index is 0.824. The second kappa shape index (κ2) is 8.28. The zero-order valence-electron chi connectivity index (χ0n) is 10.8. The molecule has 14 heavy (non-hydrogen) atoms. The van der Waals surface area contributed by atoms with Gasteiger partial charge in [0.25, 0.3) is 0 Å². The lowest BCUT2D eigenvalue weighted by Crippen LogP contribution is -2.33. The molecule has 0 aromatic heterocycles. The van der Waals surface area contributed by atoms with Crippen molar-refractivity contribution < 1.29 is 0 Å². The Hall–Kier alpha value is -0.0400. The lowest BCUT2D eigenvalue weighted by atomic mass is 9.80. The van der Waals surface area contributed by atoms with Crippen LogP contribution in [0.4, 0.5) is 0 Å². The molecule has 1 nitrogen and oxygen atoms in total. The SMILES string of the molecule is CC.CCNC1CCC(C(C)C)CC1. The lowest BCUT2D eigenvalue weighted by molar-refractivity contribution is 0.240. The molecule has 0 spiro atoms. The van der Waals surface area contributed by atoms with Crippen molar-refractivity contribution in [1.29, 1.82) is 0 Å². The Labute approximate surface area is 90.7 Å². The van der Waals surface area contributed by atoms with Crippen molar-refractivity contribution in [3.05, 3.63) is 0 Å². The van der Waals surface area contributed by atoms with Crippen LogP contribution >= 0.6 is 0 Å². The Bertz CT molecular complexity index is 112. The van der Waals surface area contributed by atoms with E-state index < -0.39 is 0 Å². The molecule has 1 aliphatic rings. The average molecular weight is 199 g/mol. The van der Waals surface area contributed by atoms with Crippen molar-refractivity contribution >= 4 is 0 Å². The normalized spacial score (nSPS) is 27.0. The molecule has 1 fully saturated rings. The van der Waals surface area contributed by atoms with Crippen LogP contribution in [0.3, 0.4) is 0 Å². The fraction of sp³-hybridized carbons (Fsp3) is 1.00. The molecular formula is C13H29N. The van der Waals surface area contributed by atoms with Crippen molar-refractivity contribution in [2.24, 2.45) is 11.8 Å². The van der Waals surface area contributed by atoms with Gasteiger partial charge in [0, 0.05) is 6.04 Å². The van der Waals surface area contributed by atoms with Gasteiger partial charge in [0.1, 0.15) is 0 Å². The molecular weight excluding hydrogens is 170 g/mol. The predicted molar refractivity (Wildman–Crippen MR) is 65.6 cm³/mol. The van der Waals surface area contributed by atoms with Crippen LogP contribution < -0.4 is 5.32 Å². The molecule has 0 saturated heterocycles. The van der Waals surface area contributed by atoms with Gasteiger partial charge in [-0.05, 0) is 44.1 Å². The topological polar surface area (TPSA) is 12.0 Å². The van der Waals surface area contributed by atoms with Gasteiger partial charge in [-0.3, -0.25) is 0 Å². The molecule has 86 valence electrons. The fourth-order valence-electron chi connectivity index (χ4n) is 2.28. The second-order valence-corrected chi connectivity index (χ2v) is 4.41. The molecule has 0 bridgehead atoms. The Morgan fingerprint density at radius 1 is 1.07 bits per heavy atom. The maximum absolute atomic E-state index is 3.54. The molecule has 1 heteroatoms. The van der Waals surface area contributed by atoms with E-state index >= 15 is 0 Å². The van der Waals surface area contributed by atoms with Crippen LogP contribution in [0.2, 0.25) is 0 Å². The van der Waals surface area contributed by atoms with Gasteiger partial charge in [0.05, 0.1) is 0 Å². The second-order valence-electron chi connectivity index (χ2n) is 4.41. The summed E-state index contributed by atoms with van der Waals surface area (Å²) in [5, 5.41) is 3.54. The highest BCUT2D eigenvalue weighted by molar-refractivity contribution is 4.77. The summed E-state index contributed by atoms with van der Waals surface area (Å²) in [4.78, 5) is 0. The van der Waals surface area contributed by atoms with Crippen LogP contribution in [-0.2, 0) is 0 Å². The molecule has 0 heterocycles. The molecule has 1 saturated carbocycles. The zero-order valence-corrected chi connectivity index (χ0v) is 10.8. The quantitative estimate of drug-likeness (QED) is 0.728. The van der Waals surface area contributed by atoms with Crippen LogP contribution in [0.5, 0.6) is 0 Å². The molecule has 0 aliphatic heterocycles. The van der Waals surface area contributed by atoms with Crippen molar-refractivity contribution in [3.8, 4) is 0 Å². The number of hydrogen-bond donors (Lipinski definition) is 1. The molecule has 0 atom stereocenters. The van der Waals surface area contributed by atoms with Gasteiger partial charge in [0.2, 0.25) is 0 Å². The molecule has 1 N–H and O–H groups in total. The summed E-state index contributed by atoms with van der Waals surface area (Å²) in [6.45, 7) is 12.1. The van der Waals surface area contributed by atoms with Crippen LogP contribution in [0.15, 0.2) is 0 Å². The van der Waals surface area contributed by atoms with Gasteiger partial charge in [-0.1, -0.05) is 34.6 Å². The van der Waals surface area contributed by atoms with Gasteiger partial charge in [-0.25, -0.2) is 0 Å². The molecule has 1 aliphatic carbocycles. The van der Waals surface area contributed by atoms with Crippen LogP contribution in [0.1, 0.15) is 60.3 Å². The summed E-state index contributed by atoms with van der Waals surface area (Å²) in [5.41, 5.74) is 0. The number of hydrogen-bond acceptors (Lipinski definition) is 1. The van der Waals surface area contributed by atoms with E-state index in [9.17, 15) is 0 Å². The largest absolute Gasteiger partial charge is 0.314 e. The average Bonchev–Trinajstić information content (AvgIpc) is 2.22. The Balaban J connectivity index is 0.000000791. The van der Waals surface area contributed by atoms with E-state index in [2.05, 4.69) is 26.1 Å². The standard InChI is InChI=1S/C11H23N.C2H6/c1-4-12-11-7-5-10(6-8-11)9(2)3;1-2/h9-12H,4-8H2,1-3H3;1-2H3. The lowest BCUT2D eigenvalue weighted by Gasteiger charge is -2.31. The van der Waals surface area contributed by atoms with Crippen LogP contribution in [-0.4, -0.2) is 12.6 Å². The third kappa shape index (κ3) is 4.99. The van der Waals surface area contributed by atoms with E-state index in [1.165, 1.54) is 25.7 Å². The Kier molecular flexibility index (Phi) is 8.26. The molecule has 0 aromatic rings. The Morgan fingerprint density at radius 3 is 1.93 bits per heavy atom. The maximum Gasteiger partial charge on any atom is 0.00671 e. The van der Waals surface area contributed by atoms with E-state index in [0.717, 1.165) is 24.4 Å². The van der Waals surface area contributed by atoms with Gasteiger partial charge in [-0.15, -0.1) is 0 Å². The van der Waals surface area contributed by atoms with E-state index in [4.69, 9.17) is 0 Å². The summed E-state index contributed by atoms with van der Waals surface area (Å²) in [6.07, 6.45) is 5.68. The van der Waals surface area contributed by atoms with Crippen molar-refractivity contribution in [1.82, 2.24) is 5.32 Å². The molecule has 0 aromatic carbocycles. The van der Waals surface area contributed by atoms with E-state index in [0.29, 0.717) is 0 Å². The van der Waals surface area contributed by atoms with E-state index in [1.54, 1.807) is 0 Å². The minimum Gasteiger partial charge on any atom is -0.314 e. The summed E-state index contributed by atoms with van der Waals surface area (Å²) in [5.74, 6) is 1.90. The van der Waals surface area contributed by atoms with Gasteiger partial charge < -0.3 is 5.32 Å². The van der Waals surface area contributed by atoms with Gasteiger partial charge >= 0.3 is 0 Å². The Morgan fingerprint density at radius 2 is 1.57 bits per heavy atom. The highest BCUT2D eigenvalue weighted by Gasteiger charge is 2.22. The van der Waals surface area contributed by atoms with Gasteiger partial charge in [-0.2, -0.15) is 0 Å². The predicted octanol–water partition coefficient (Wildman–Crippen LogP) is 3.84. The highest BCUT2D eigenvalue weighted by Crippen LogP contribution is 2.29. The first-order chi connectivity index (χ1) is 6.74. The summed E-state index contributed by atoms with van der Waals surface area (Å²) >= 11 is 0. The van der Waals surface area contributed by atoms with E-state index in [-0.39, 0.29) is 0 Å². The molecule has 1 rings (SSSR count). The van der Waals surface area contributed by atoms with Crippen molar-refractivity contribution in [2.45, 2.75) is 66.3 Å². The molecule has 0 amide bonds. The summed E-state index contributed by atoms with van der Waals surface area (Å²) in [6, 6.07) is 0.824. The maximum atomic E-state index is 3.54.